The van der Waals surface area contributed by atoms with Crippen molar-refractivity contribution in [2.75, 3.05) is 12.0 Å². The maximum atomic E-state index is 9.43. The summed E-state index contributed by atoms with van der Waals surface area (Å²) in [5.41, 5.74) is 19.7. The molecule has 0 spiro atoms. The number of hydrogen-bond acceptors (Lipinski definition) is 3. The van der Waals surface area contributed by atoms with Gasteiger partial charge in [0, 0.05) is 24.2 Å². The van der Waals surface area contributed by atoms with Gasteiger partial charge in [0.2, 0.25) is 0 Å². The molecular formula is C57H47NO2. The number of benzene rings is 9. The van der Waals surface area contributed by atoms with E-state index in [1.807, 2.05) is 12.1 Å². The molecule has 0 bridgehead atoms. The third-order valence-corrected chi connectivity index (χ3v) is 11.0. The number of hydrogen-bond donors (Lipinski definition) is 2. The maximum Gasteiger partial charge on any atom is 0.0681 e. The van der Waals surface area contributed by atoms with Crippen LogP contribution in [0.15, 0.2) is 224 Å². The molecular weight excluding hydrogens is 731 g/mol. The topological polar surface area (TPSA) is 43.7 Å². The van der Waals surface area contributed by atoms with Crippen molar-refractivity contribution >= 4 is 17.1 Å². The van der Waals surface area contributed by atoms with Crippen LogP contribution in [-0.4, -0.2) is 17.3 Å². The van der Waals surface area contributed by atoms with Crippen LogP contribution in [-0.2, 0) is 6.61 Å². The van der Waals surface area contributed by atoms with Gasteiger partial charge in [0.1, 0.15) is 0 Å². The van der Waals surface area contributed by atoms with Gasteiger partial charge in [-0.15, -0.1) is 0 Å². The van der Waals surface area contributed by atoms with Crippen LogP contribution in [0.3, 0.4) is 0 Å². The zero-order valence-corrected chi connectivity index (χ0v) is 33.9. The lowest BCUT2D eigenvalue weighted by Crippen LogP contribution is -2.09. The van der Waals surface area contributed by atoms with Crippen molar-refractivity contribution in [2.24, 2.45) is 0 Å². The van der Waals surface area contributed by atoms with Crippen LogP contribution in [0.5, 0.6) is 0 Å². The van der Waals surface area contributed by atoms with Crippen molar-refractivity contribution in [3.8, 4) is 66.8 Å². The number of aliphatic hydroxyl groups excluding tert-OH is 2. The van der Waals surface area contributed by atoms with Gasteiger partial charge in [-0.05, 0) is 116 Å². The van der Waals surface area contributed by atoms with Crippen molar-refractivity contribution in [1.29, 1.82) is 0 Å². The molecule has 0 aliphatic heterocycles. The van der Waals surface area contributed by atoms with Gasteiger partial charge in [-0.2, -0.15) is 0 Å². The Morgan fingerprint density at radius 3 is 0.767 bits per heavy atom. The van der Waals surface area contributed by atoms with E-state index in [1.54, 1.807) is 0 Å². The highest BCUT2D eigenvalue weighted by Crippen LogP contribution is 2.38. The fraction of sp³-hybridized carbons (Fsp3) is 0.0526. The first kappa shape index (κ1) is 39.5. The summed E-state index contributed by atoms with van der Waals surface area (Å²) in [6.07, 6.45) is 0. The first-order chi connectivity index (χ1) is 29.6. The van der Waals surface area contributed by atoms with Gasteiger partial charge in [0.05, 0.1) is 6.61 Å². The normalized spacial score (nSPS) is 10.7. The zero-order valence-electron chi connectivity index (χ0n) is 33.9. The molecule has 0 aromatic heterocycles. The van der Waals surface area contributed by atoms with Crippen LogP contribution in [0.1, 0.15) is 11.1 Å². The van der Waals surface area contributed by atoms with Gasteiger partial charge >= 0.3 is 0 Å². The molecule has 0 saturated heterocycles. The van der Waals surface area contributed by atoms with Crippen molar-refractivity contribution in [2.45, 2.75) is 13.5 Å². The molecule has 2 N–H and O–H groups in total. The molecule has 0 radical (unpaired) electrons. The Kier molecular flexibility index (Phi) is 12.2. The molecule has 0 heterocycles. The van der Waals surface area contributed by atoms with Crippen LogP contribution < -0.4 is 4.90 Å². The average Bonchev–Trinajstić information content (AvgIpc) is 3.34. The molecule has 9 aromatic carbocycles. The number of anilines is 3. The molecule has 0 atom stereocenters. The smallest absolute Gasteiger partial charge is 0.0681 e. The third kappa shape index (κ3) is 8.89. The molecule has 3 nitrogen and oxygen atoms in total. The average molecular weight is 778 g/mol. The molecule has 3 heteroatoms. The molecule has 0 fully saturated rings. The first-order valence-electron chi connectivity index (χ1n) is 20.3. The lowest BCUT2D eigenvalue weighted by atomic mass is 9.98. The molecule has 0 aliphatic rings. The summed E-state index contributed by atoms with van der Waals surface area (Å²) in [7, 11) is 1.00. The monoisotopic (exact) mass is 777 g/mol. The van der Waals surface area contributed by atoms with Gasteiger partial charge in [-0.3, -0.25) is 0 Å². The van der Waals surface area contributed by atoms with Gasteiger partial charge in [0.15, 0.2) is 0 Å². The Balaban J connectivity index is 0.00000246. The largest absolute Gasteiger partial charge is 0.400 e. The fourth-order valence-electron chi connectivity index (χ4n) is 7.60. The maximum absolute atomic E-state index is 9.43. The summed E-state index contributed by atoms with van der Waals surface area (Å²) in [4.78, 5) is 2.33. The Bertz CT molecular complexity index is 2720. The summed E-state index contributed by atoms with van der Waals surface area (Å²) in [6.45, 7) is 2.17. The molecule has 0 saturated carbocycles. The van der Waals surface area contributed by atoms with Crippen molar-refractivity contribution in [1.82, 2.24) is 0 Å². The van der Waals surface area contributed by atoms with Gasteiger partial charge in [-0.25, -0.2) is 0 Å². The standard InChI is InChI=1S/C56H43NO.CH4O/c1-40-7-11-43(12-8-40)46-19-23-49(24-20-46)52-29-35-55(36-30-52)57(54-33-27-51(28-34-54)48-17-15-45(16-18-48)42-5-3-2-4-6-42)56-37-31-53(32-38-56)50-25-21-47(22-26-50)44-13-9-41(39-58)10-14-44;1-2/h2-38,58H,39H2,1H3;2H,1H3. The second kappa shape index (κ2) is 18.5. The molecule has 0 amide bonds. The third-order valence-electron chi connectivity index (χ3n) is 11.0. The fourth-order valence-corrected chi connectivity index (χ4v) is 7.60. The van der Waals surface area contributed by atoms with E-state index >= 15 is 0 Å². The quantitative estimate of drug-likeness (QED) is 0.145. The lowest BCUT2D eigenvalue weighted by molar-refractivity contribution is 0.282. The van der Waals surface area contributed by atoms with Gasteiger partial charge in [0.25, 0.3) is 0 Å². The molecule has 9 aromatic rings. The van der Waals surface area contributed by atoms with E-state index in [0.29, 0.717) is 0 Å². The molecule has 9 rings (SSSR count). The lowest BCUT2D eigenvalue weighted by Gasteiger charge is -2.26. The Morgan fingerprint density at radius 1 is 0.283 bits per heavy atom. The van der Waals surface area contributed by atoms with Crippen LogP contribution in [0.4, 0.5) is 17.1 Å². The van der Waals surface area contributed by atoms with Crippen LogP contribution in [0.2, 0.25) is 0 Å². The van der Waals surface area contributed by atoms with Crippen LogP contribution in [0.25, 0.3) is 66.8 Å². The van der Waals surface area contributed by atoms with Gasteiger partial charge in [-0.1, -0.05) is 194 Å². The van der Waals surface area contributed by atoms with E-state index in [-0.39, 0.29) is 6.61 Å². The minimum Gasteiger partial charge on any atom is -0.400 e. The Hall–Kier alpha value is -7.30. The minimum absolute atomic E-state index is 0.0526. The first-order valence-corrected chi connectivity index (χ1v) is 20.3. The van der Waals surface area contributed by atoms with E-state index < -0.39 is 0 Å². The van der Waals surface area contributed by atoms with E-state index in [2.05, 4.69) is 224 Å². The van der Waals surface area contributed by atoms with Crippen molar-refractivity contribution in [3.63, 3.8) is 0 Å². The predicted octanol–water partition coefficient (Wildman–Crippen LogP) is 14.6. The minimum atomic E-state index is 0.0526. The molecule has 292 valence electrons. The van der Waals surface area contributed by atoms with Crippen molar-refractivity contribution < 1.29 is 10.2 Å². The number of aliphatic hydroxyl groups is 2. The summed E-state index contributed by atoms with van der Waals surface area (Å²) in [5, 5.41) is 16.4. The second-order valence-corrected chi connectivity index (χ2v) is 14.8. The van der Waals surface area contributed by atoms with E-state index in [0.717, 1.165) is 52.0 Å². The molecule has 0 unspecified atom stereocenters. The van der Waals surface area contributed by atoms with Gasteiger partial charge < -0.3 is 15.1 Å². The summed E-state index contributed by atoms with van der Waals surface area (Å²) < 4.78 is 0. The van der Waals surface area contributed by atoms with E-state index in [1.165, 1.54) is 50.1 Å². The number of nitrogens with zero attached hydrogens (tertiary/aromatic N) is 1. The second-order valence-electron chi connectivity index (χ2n) is 14.8. The Labute approximate surface area is 353 Å². The Morgan fingerprint density at radius 2 is 0.500 bits per heavy atom. The highest BCUT2D eigenvalue weighted by molar-refractivity contribution is 5.82. The molecule has 60 heavy (non-hydrogen) atoms. The number of aryl methyl sites for hydroxylation is 1. The zero-order chi connectivity index (χ0) is 41.3. The van der Waals surface area contributed by atoms with Crippen LogP contribution >= 0.6 is 0 Å². The van der Waals surface area contributed by atoms with Crippen molar-refractivity contribution in [3.05, 3.63) is 236 Å². The SMILES string of the molecule is CO.Cc1ccc(-c2ccc(-c3ccc(N(c4ccc(-c5ccc(-c6ccccc6)cc5)cc4)c4ccc(-c5ccc(-c6ccc(CO)cc6)cc5)cc4)cc3)cc2)cc1. The summed E-state index contributed by atoms with van der Waals surface area (Å²) in [5.74, 6) is 0. The molecule has 0 aliphatic carbocycles. The highest BCUT2D eigenvalue weighted by Gasteiger charge is 2.14. The van der Waals surface area contributed by atoms with E-state index in [9.17, 15) is 5.11 Å². The van der Waals surface area contributed by atoms with Crippen LogP contribution in [0, 0.1) is 6.92 Å². The predicted molar refractivity (Wildman–Crippen MR) is 253 cm³/mol. The highest BCUT2D eigenvalue weighted by atomic mass is 16.3. The number of rotatable bonds is 10. The van der Waals surface area contributed by atoms with E-state index in [4.69, 9.17) is 5.11 Å². The summed E-state index contributed by atoms with van der Waals surface area (Å²) in [6, 6.07) is 80.2. The summed E-state index contributed by atoms with van der Waals surface area (Å²) >= 11 is 0.